The largest absolute Gasteiger partial charge is 0.462 e. The van der Waals surface area contributed by atoms with Gasteiger partial charge in [-0.3, -0.25) is 4.31 Å². The highest BCUT2D eigenvalue weighted by Crippen LogP contribution is 2.23. The van der Waals surface area contributed by atoms with Crippen LogP contribution in [0.5, 0.6) is 0 Å². The predicted molar refractivity (Wildman–Crippen MR) is 86.6 cm³/mol. The molecule has 0 radical (unpaired) electrons. The lowest BCUT2D eigenvalue weighted by atomic mass is 10.2. The minimum Gasteiger partial charge on any atom is -0.462 e. The second kappa shape index (κ2) is 7.41. The van der Waals surface area contributed by atoms with Gasteiger partial charge in [0.2, 0.25) is 10.0 Å². The fraction of sp³-hybridized carbons (Fsp3) is 0.250. The molecule has 0 aromatic heterocycles. The summed E-state index contributed by atoms with van der Waals surface area (Å²) >= 11 is 0. The lowest BCUT2D eigenvalue weighted by molar-refractivity contribution is 0.364. The molecule has 0 saturated carbocycles. The Morgan fingerprint density at radius 3 is 2.43 bits per heavy atom. The molecule has 0 atom stereocenters. The van der Waals surface area contributed by atoms with Gasteiger partial charge in [-0.1, -0.05) is 20.1 Å². The van der Waals surface area contributed by atoms with Crippen molar-refractivity contribution in [1.82, 2.24) is 4.31 Å². The van der Waals surface area contributed by atoms with Crippen LogP contribution in [0.3, 0.4) is 0 Å². The lowest BCUT2D eigenvalue weighted by Crippen LogP contribution is -2.23. The molecule has 0 amide bonds. The standard InChI is InChI=1S/C16H19F2NO3S/c1-6-14(9-11(2)19(4)23(5,20)21)22-12(3)15-8-7-13(17)10-16(15)18/h7-10H,2-3,6H2,1,4-5H3/b14-9+. The fourth-order valence-electron chi connectivity index (χ4n) is 1.62. The zero-order chi connectivity index (χ0) is 17.8. The van der Waals surface area contributed by atoms with E-state index in [-0.39, 0.29) is 17.0 Å². The average molecular weight is 343 g/mol. The summed E-state index contributed by atoms with van der Waals surface area (Å²) in [6.07, 6.45) is 2.87. The summed E-state index contributed by atoms with van der Waals surface area (Å²) in [6.45, 7) is 9.04. The Hall–Kier alpha value is -2.15. The Bertz CT molecular complexity index is 755. The summed E-state index contributed by atoms with van der Waals surface area (Å²) in [7, 11) is -2.08. The van der Waals surface area contributed by atoms with Crippen molar-refractivity contribution < 1.29 is 21.9 Å². The van der Waals surface area contributed by atoms with Gasteiger partial charge in [-0.05, 0) is 12.1 Å². The molecule has 0 unspecified atom stereocenters. The molecule has 0 bridgehead atoms. The van der Waals surface area contributed by atoms with Crippen LogP contribution in [0.15, 0.2) is 48.9 Å². The van der Waals surface area contributed by atoms with Gasteiger partial charge in [0.05, 0.1) is 11.8 Å². The molecular formula is C16H19F2NO3S. The molecule has 0 heterocycles. The fourth-order valence-corrected chi connectivity index (χ4v) is 2.10. The molecular weight excluding hydrogens is 324 g/mol. The summed E-state index contributed by atoms with van der Waals surface area (Å²) in [5.74, 6) is -1.16. The van der Waals surface area contributed by atoms with Gasteiger partial charge in [0.15, 0.2) is 0 Å². The van der Waals surface area contributed by atoms with Crippen molar-refractivity contribution in [3.63, 3.8) is 0 Å². The van der Waals surface area contributed by atoms with Gasteiger partial charge in [0.25, 0.3) is 0 Å². The van der Waals surface area contributed by atoms with E-state index >= 15 is 0 Å². The van der Waals surface area contributed by atoms with Crippen molar-refractivity contribution in [2.45, 2.75) is 13.3 Å². The van der Waals surface area contributed by atoms with E-state index in [0.717, 1.165) is 22.7 Å². The van der Waals surface area contributed by atoms with Crippen LogP contribution in [0, 0.1) is 11.6 Å². The monoisotopic (exact) mass is 343 g/mol. The maximum absolute atomic E-state index is 13.7. The minimum atomic E-state index is -3.44. The number of hydrogen-bond acceptors (Lipinski definition) is 3. The van der Waals surface area contributed by atoms with E-state index < -0.39 is 21.7 Å². The molecule has 1 rings (SSSR count). The van der Waals surface area contributed by atoms with Crippen LogP contribution >= 0.6 is 0 Å². The molecule has 23 heavy (non-hydrogen) atoms. The van der Waals surface area contributed by atoms with Gasteiger partial charge in [0.1, 0.15) is 23.2 Å². The third kappa shape index (κ3) is 5.21. The Labute approximate surface area is 135 Å². The number of nitrogens with zero attached hydrogens (tertiary/aromatic N) is 1. The Kier molecular flexibility index (Phi) is 6.09. The maximum Gasteiger partial charge on any atom is 0.231 e. The number of halogens is 2. The first-order valence-electron chi connectivity index (χ1n) is 6.71. The summed E-state index contributed by atoms with van der Waals surface area (Å²) in [6, 6.07) is 3.05. The van der Waals surface area contributed by atoms with Crippen molar-refractivity contribution in [1.29, 1.82) is 0 Å². The topological polar surface area (TPSA) is 46.6 Å². The summed E-state index contributed by atoms with van der Waals surface area (Å²) in [5, 5.41) is 0. The van der Waals surface area contributed by atoms with E-state index in [4.69, 9.17) is 4.74 Å². The Morgan fingerprint density at radius 1 is 1.35 bits per heavy atom. The Morgan fingerprint density at radius 2 is 1.96 bits per heavy atom. The van der Waals surface area contributed by atoms with E-state index in [9.17, 15) is 17.2 Å². The molecule has 0 N–H and O–H groups in total. The Balaban J connectivity index is 2.97. The highest BCUT2D eigenvalue weighted by Gasteiger charge is 2.14. The van der Waals surface area contributed by atoms with Crippen LogP contribution < -0.4 is 0 Å². The van der Waals surface area contributed by atoms with Crippen molar-refractivity contribution in [3.05, 3.63) is 66.1 Å². The van der Waals surface area contributed by atoms with Crippen LogP contribution in [0.1, 0.15) is 18.9 Å². The van der Waals surface area contributed by atoms with Crippen molar-refractivity contribution in [3.8, 4) is 0 Å². The minimum absolute atomic E-state index is 0.00888. The van der Waals surface area contributed by atoms with Gasteiger partial charge in [0, 0.05) is 31.3 Å². The third-order valence-electron chi connectivity index (χ3n) is 3.06. The molecule has 7 heteroatoms. The molecule has 0 fully saturated rings. The number of allylic oxidation sites excluding steroid dienone is 2. The molecule has 0 saturated heterocycles. The molecule has 1 aromatic carbocycles. The number of hydrogen-bond donors (Lipinski definition) is 0. The van der Waals surface area contributed by atoms with E-state index in [1.54, 1.807) is 6.92 Å². The number of likely N-dealkylation sites (N-methyl/N-ethyl adjacent to an activating group) is 1. The van der Waals surface area contributed by atoms with Gasteiger partial charge < -0.3 is 4.74 Å². The number of rotatable bonds is 7. The normalized spacial score (nSPS) is 12.0. The van der Waals surface area contributed by atoms with Crippen LogP contribution in [0.4, 0.5) is 8.78 Å². The quantitative estimate of drug-likeness (QED) is 0.561. The zero-order valence-corrected chi connectivity index (χ0v) is 14.1. The smallest absolute Gasteiger partial charge is 0.231 e. The van der Waals surface area contributed by atoms with Gasteiger partial charge in [-0.15, -0.1) is 0 Å². The van der Waals surface area contributed by atoms with E-state index in [1.165, 1.54) is 19.2 Å². The highest BCUT2D eigenvalue weighted by atomic mass is 32.2. The zero-order valence-electron chi connectivity index (χ0n) is 13.3. The second-order valence-electron chi connectivity index (χ2n) is 4.84. The number of ether oxygens (including phenoxy) is 1. The second-order valence-corrected chi connectivity index (χ2v) is 6.85. The molecule has 0 spiro atoms. The molecule has 126 valence electrons. The number of benzene rings is 1. The highest BCUT2D eigenvalue weighted by molar-refractivity contribution is 7.88. The van der Waals surface area contributed by atoms with Gasteiger partial charge >= 0.3 is 0 Å². The van der Waals surface area contributed by atoms with Gasteiger partial charge in [-0.2, -0.15) is 0 Å². The molecule has 0 aliphatic heterocycles. The van der Waals surface area contributed by atoms with Crippen molar-refractivity contribution >= 4 is 15.8 Å². The van der Waals surface area contributed by atoms with Crippen molar-refractivity contribution in [2.75, 3.05) is 13.3 Å². The first kappa shape index (κ1) is 18.9. The van der Waals surface area contributed by atoms with E-state index in [0.29, 0.717) is 12.2 Å². The SMILES string of the molecule is C=C(O/C(=C/C(=C)N(C)S(C)(=O)=O)CC)c1ccc(F)cc1F. The molecule has 4 nitrogen and oxygen atoms in total. The first-order chi connectivity index (χ1) is 10.6. The van der Waals surface area contributed by atoms with Crippen LogP contribution in [-0.4, -0.2) is 26.0 Å². The van der Waals surface area contributed by atoms with Crippen molar-refractivity contribution in [2.24, 2.45) is 0 Å². The number of sulfonamides is 1. The molecule has 0 aliphatic carbocycles. The first-order valence-corrected chi connectivity index (χ1v) is 8.56. The average Bonchev–Trinajstić information content (AvgIpc) is 2.44. The summed E-state index contributed by atoms with van der Waals surface area (Å²) in [5.41, 5.74) is 0.213. The third-order valence-corrected chi connectivity index (χ3v) is 4.29. The van der Waals surface area contributed by atoms with Gasteiger partial charge in [-0.25, -0.2) is 17.2 Å². The predicted octanol–water partition coefficient (Wildman–Crippen LogP) is 3.65. The lowest BCUT2D eigenvalue weighted by Gasteiger charge is -2.18. The van der Waals surface area contributed by atoms with E-state index in [2.05, 4.69) is 13.2 Å². The van der Waals surface area contributed by atoms with Crippen LogP contribution in [0.2, 0.25) is 0 Å². The van der Waals surface area contributed by atoms with E-state index in [1.807, 2.05) is 0 Å². The summed E-state index contributed by atoms with van der Waals surface area (Å²) in [4.78, 5) is 0. The maximum atomic E-state index is 13.7. The molecule has 1 aromatic rings. The van der Waals surface area contributed by atoms with Crippen LogP contribution in [0.25, 0.3) is 5.76 Å². The molecule has 0 aliphatic rings. The summed E-state index contributed by atoms with van der Waals surface area (Å²) < 4.78 is 56.0. The van der Waals surface area contributed by atoms with Crippen LogP contribution in [-0.2, 0) is 14.8 Å².